The van der Waals surface area contributed by atoms with Gasteiger partial charge in [0, 0.05) is 24.0 Å². The van der Waals surface area contributed by atoms with E-state index in [0.717, 1.165) is 11.3 Å². The van der Waals surface area contributed by atoms with Crippen molar-refractivity contribution < 1.29 is 9.59 Å². The fourth-order valence-electron chi connectivity index (χ4n) is 2.16. The first-order valence-corrected chi connectivity index (χ1v) is 7.98. The van der Waals surface area contributed by atoms with E-state index in [1.54, 1.807) is 37.4 Å². The lowest BCUT2D eigenvalue weighted by atomic mass is 10.1. The molecule has 24 heavy (non-hydrogen) atoms. The topological polar surface area (TPSA) is 70.2 Å². The van der Waals surface area contributed by atoms with E-state index in [1.165, 1.54) is 0 Å². The third-order valence-electron chi connectivity index (χ3n) is 3.45. The second-order valence-electron chi connectivity index (χ2n) is 5.09. The summed E-state index contributed by atoms with van der Waals surface area (Å²) in [5, 5.41) is 9.14. The quantitative estimate of drug-likeness (QED) is 0.756. The van der Waals surface area contributed by atoms with Gasteiger partial charge in [-0.1, -0.05) is 29.3 Å². The fraction of sp³-hybridized carbons (Fsp3) is 0.176. The Labute approximate surface area is 150 Å². The van der Waals surface area contributed by atoms with Gasteiger partial charge in [0.15, 0.2) is 0 Å². The molecule has 2 aromatic rings. The van der Waals surface area contributed by atoms with Crippen molar-refractivity contribution in [3.05, 3.63) is 57.6 Å². The summed E-state index contributed by atoms with van der Waals surface area (Å²) in [6.45, 7) is 1.88. The molecule has 0 bridgehead atoms. The van der Waals surface area contributed by atoms with E-state index in [2.05, 4.69) is 16.0 Å². The summed E-state index contributed by atoms with van der Waals surface area (Å²) in [6.07, 6.45) is 0. The maximum atomic E-state index is 12.0. The van der Waals surface area contributed by atoms with Crippen molar-refractivity contribution in [2.24, 2.45) is 0 Å². The van der Waals surface area contributed by atoms with Gasteiger partial charge in [-0.25, -0.2) is 0 Å². The minimum Gasteiger partial charge on any atom is -0.376 e. The summed E-state index contributed by atoms with van der Waals surface area (Å²) in [5.41, 5.74) is 2.62. The highest BCUT2D eigenvalue weighted by molar-refractivity contribution is 6.42. The molecule has 0 aliphatic rings. The van der Waals surface area contributed by atoms with Crippen LogP contribution >= 0.6 is 23.2 Å². The van der Waals surface area contributed by atoms with Crippen LogP contribution in [0.1, 0.15) is 15.9 Å². The standard InChI is InChI=1S/C17H17Cl2N3O2/c1-10-12(17(24)20-2)4-3-5-15(10)21-9-16(23)22-11-6-7-13(18)14(19)8-11/h3-8,21H,9H2,1-2H3,(H,20,24)(H,22,23). The van der Waals surface area contributed by atoms with Gasteiger partial charge in [0.25, 0.3) is 5.91 Å². The van der Waals surface area contributed by atoms with Crippen LogP contribution in [0.25, 0.3) is 0 Å². The summed E-state index contributed by atoms with van der Waals surface area (Å²) in [7, 11) is 1.58. The molecule has 2 rings (SSSR count). The van der Waals surface area contributed by atoms with Gasteiger partial charge in [-0.2, -0.15) is 0 Å². The number of anilines is 2. The number of hydrogen-bond acceptors (Lipinski definition) is 3. The first-order chi connectivity index (χ1) is 11.4. The first-order valence-electron chi connectivity index (χ1n) is 7.23. The van der Waals surface area contributed by atoms with E-state index in [0.29, 0.717) is 21.3 Å². The highest BCUT2D eigenvalue weighted by Crippen LogP contribution is 2.25. The Hall–Kier alpha value is -2.24. The molecular weight excluding hydrogens is 349 g/mol. The molecule has 5 nitrogen and oxygen atoms in total. The Morgan fingerprint density at radius 3 is 2.50 bits per heavy atom. The molecule has 2 amide bonds. The fourth-order valence-corrected chi connectivity index (χ4v) is 2.46. The summed E-state index contributed by atoms with van der Waals surface area (Å²) in [4.78, 5) is 23.8. The number of hydrogen-bond donors (Lipinski definition) is 3. The molecule has 0 fully saturated rings. The van der Waals surface area contributed by atoms with Crippen LogP contribution in [0.3, 0.4) is 0 Å². The number of benzene rings is 2. The lowest BCUT2D eigenvalue weighted by Gasteiger charge is -2.13. The maximum absolute atomic E-state index is 12.0. The minimum absolute atomic E-state index is 0.0539. The number of amides is 2. The van der Waals surface area contributed by atoms with E-state index in [1.807, 2.05) is 13.0 Å². The monoisotopic (exact) mass is 365 g/mol. The van der Waals surface area contributed by atoms with Gasteiger partial charge < -0.3 is 16.0 Å². The van der Waals surface area contributed by atoms with Crippen molar-refractivity contribution in [2.75, 3.05) is 24.2 Å². The van der Waals surface area contributed by atoms with Crippen molar-refractivity contribution in [1.29, 1.82) is 0 Å². The van der Waals surface area contributed by atoms with Crippen LogP contribution in [-0.4, -0.2) is 25.4 Å². The normalized spacial score (nSPS) is 10.2. The summed E-state index contributed by atoms with van der Waals surface area (Å²) in [6, 6.07) is 10.2. The number of carbonyl (C=O) groups excluding carboxylic acids is 2. The van der Waals surface area contributed by atoms with Crippen molar-refractivity contribution in [2.45, 2.75) is 6.92 Å². The molecule has 0 radical (unpaired) electrons. The summed E-state index contributed by atoms with van der Waals surface area (Å²) < 4.78 is 0. The van der Waals surface area contributed by atoms with Gasteiger partial charge in [-0.15, -0.1) is 0 Å². The molecule has 0 aliphatic carbocycles. The molecule has 0 heterocycles. The van der Waals surface area contributed by atoms with Crippen LogP contribution in [0, 0.1) is 6.92 Å². The third kappa shape index (κ3) is 4.40. The van der Waals surface area contributed by atoms with E-state index in [-0.39, 0.29) is 18.4 Å². The lowest BCUT2D eigenvalue weighted by Crippen LogP contribution is -2.23. The van der Waals surface area contributed by atoms with E-state index >= 15 is 0 Å². The second kappa shape index (κ2) is 8.04. The molecule has 126 valence electrons. The molecule has 7 heteroatoms. The maximum Gasteiger partial charge on any atom is 0.251 e. The molecule has 0 aliphatic heterocycles. The van der Waals surface area contributed by atoms with Crippen LogP contribution < -0.4 is 16.0 Å². The van der Waals surface area contributed by atoms with Gasteiger partial charge in [0.2, 0.25) is 5.91 Å². The van der Waals surface area contributed by atoms with E-state index < -0.39 is 0 Å². The Balaban J connectivity index is 2.01. The zero-order valence-corrected chi connectivity index (χ0v) is 14.8. The first kappa shape index (κ1) is 18.1. The predicted molar refractivity (Wildman–Crippen MR) is 98.2 cm³/mol. The van der Waals surface area contributed by atoms with Crippen molar-refractivity contribution in [3.63, 3.8) is 0 Å². The van der Waals surface area contributed by atoms with Crippen LogP contribution in [0.2, 0.25) is 10.0 Å². The summed E-state index contributed by atoms with van der Waals surface area (Å²) in [5.74, 6) is -0.408. The molecule has 2 aromatic carbocycles. The average molecular weight is 366 g/mol. The highest BCUT2D eigenvalue weighted by atomic mass is 35.5. The average Bonchev–Trinajstić information content (AvgIpc) is 2.56. The zero-order chi connectivity index (χ0) is 17.7. The van der Waals surface area contributed by atoms with Crippen molar-refractivity contribution in [1.82, 2.24) is 5.32 Å². The van der Waals surface area contributed by atoms with Crippen LogP contribution in [0.5, 0.6) is 0 Å². The van der Waals surface area contributed by atoms with Crippen LogP contribution in [0.15, 0.2) is 36.4 Å². The molecule has 3 N–H and O–H groups in total. The Morgan fingerprint density at radius 1 is 1.08 bits per heavy atom. The Kier molecular flexibility index (Phi) is 6.06. The second-order valence-corrected chi connectivity index (χ2v) is 5.90. The lowest BCUT2D eigenvalue weighted by molar-refractivity contribution is -0.114. The molecule has 0 saturated carbocycles. The van der Waals surface area contributed by atoms with Gasteiger partial charge >= 0.3 is 0 Å². The molecule has 0 aromatic heterocycles. The third-order valence-corrected chi connectivity index (χ3v) is 4.19. The number of nitrogens with one attached hydrogen (secondary N) is 3. The smallest absolute Gasteiger partial charge is 0.251 e. The molecule has 0 saturated heterocycles. The number of rotatable bonds is 5. The van der Waals surface area contributed by atoms with Gasteiger partial charge in [-0.05, 0) is 42.8 Å². The zero-order valence-electron chi connectivity index (χ0n) is 13.2. The molecule has 0 unspecified atom stereocenters. The van der Waals surface area contributed by atoms with E-state index in [4.69, 9.17) is 23.2 Å². The van der Waals surface area contributed by atoms with Crippen molar-refractivity contribution >= 4 is 46.4 Å². The van der Waals surface area contributed by atoms with Gasteiger partial charge in [0.05, 0.1) is 16.6 Å². The number of carbonyl (C=O) groups is 2. The van der Waals surface area contributed by atoms with Gasteiger partial charge in [0.1, 0.15) is 0 Å². The predicted octanol–water partition coefficient (Wildman–Crippen LogP) is 3.71. The molecular formula is C17H17Cl2N3O2. The Bertz CT molecular complexity index is 778. The highest BCUT2D eigenvalue weighted by Gasteiger charge is 2.11. The molecule has 0 spiro atoms. The van der Waals surface area contributed by atoms with E-state index in [9.17, 15) is 9.59 Å². The summed E-state index contributed by atoms with van der Waals surface area (Å²) >= 11 is 11.8. The Morgan fingerprint density at radius 2 is 1.83 bits per heavy atom. The molecule has 0 atom stereocenters. The SMILES string of the molecule is CNC(=O)c1cccc(NCC(=O)Nc2ccc(Cl)c(Cl)c2)c1C. The van der Waals surface area contributed by atoms with Gasteiger partial charge in [-0.3, -0.25) is 9.59 Å². The van der Waals surface area contributed by atoms with Crippen molar-refractivity contribution in [3.8, 4) is 0 Å². The number of halogens is 2. The minimum atomic E-state index is -0.238. The van der Waals surface area contributed by atoms with Crippen LogP contribution in [-0.2, 0) is 4.79 Å². The largest absolute Gasteiger partial charge is 0.376 e. The van der Waals surface area contributed by atoms with Crippen LogP contribution in [0.4, 0.5) is 11.4 Å².